The van der Waals surface area contributed by atoms with E-state index >= 15 is 0 Å². The Morgan fingerprint density at radius 1 is 1.19 bits per heavy atom. The lowest BCUT2D eigenvalue weighted by Crippen LogP contribution is -2.45. The van der Waals surface area contributed by atoms with Crippen molar-refractivity contribution in [1.82, 2.24) is 10.4 Å². The molecule has 0 amide bonds. The number of hydrogen-bond donors (Lipinski definition) is 1. The van der Waals surface area contributed by atoms with Crippen molar-refractivity contribution in [3.05, 3.63) is 33.8 Å². The number of nitrogens with one attached hydrogen (secondary N) is 1. The SMILES string of the molecule is Clc1cccc(Cl)c1CNN1CCOCC1. The van der Waals surface area contributed by atoms with Gasteiger partial charge in [-0.1, -0.05) is 29.3 Å². The van der Waals surface area contributed by atoms with Crippen LogP contribution in [-0.4, -0.2) is 31.3 Å². The van der Waals surface area contributed by atoms with E-state index in [9.17, 15) is 0 Å². The zero-order valence-corrected chi connectivity index (χ0v) is 10.4. The van der Waals surface area contributed by atoms with Crippen molar-refractivity contribution in [2.24, 2.45) is 0 Å². The van der Waals surface area contributed by atoms with Crippen LogP contribution < -0.4 is 5.43 Å². The number of halogens is 2. The molecular weight excluding hydrogens is 247 g/mol. The van der Waals surface area contributed by atoms with Crippen LogP contribution in [0.3, 0.4) is 0 Å². The first-order chi connectivity index (χ1) is 7.77. The Morgan fingerprint density at radius 2 is 1.81 bits per heavy atom. The van der Waals surface area contributed by atoms with E-state index in [1.807, 2.05) is 18.2 Å². The third kappa shape index (κ3) is 3.09. The molecule has 1 aromatic carbocycles. The molecule has 0 atom stereocenters. The molecule has 0 unspecified atom stereocenters. The fourth-order valence-corrected chi connectivity index (χ4v) is 2.14. The van der Waals surface area contributed by atoms with E-state index in [4.69, 9.17) is 27.9 Å². The van der Waals surface area contributed by atoms with Crippen molar-refractivity contribution in [2.75, 3.05) is 26.3 Å². The first-order valence-electron chi connectivity index (χ1n) is 5.26. The first-order valence-corrected chi connectivity index (χ1v) is 6.02. The molecular formula is C11H14Cl2N2O. The van der Waals surface area contributed by atoms with E-state index < -0.39 is 0 Å². The highest BCUT2D eigenvalue weighted by molar-refractivity contribution is 6.35. The van der Waals surface area contributed by atoms with Crippen molar-refractivity contribution in [1.29, 1.82) is 0 Å². The molecule has 1 heterocycles. The summed E-state index contributed by atoms with van der Waals surface area (Å²) in [6.45, 7) is 3.97. The maximum atomic E-state index is 6.08. The second kappa shape index (κ2) is 5.84. The topological polar surface area (TPSA) is 24.5 Å². The van der Waals surface area contributed by atoms with Crippen LogP contribution >= 0.6 is 23.2 Å². The van der Waals surface area contributed by atoms with Crippen molar-refractivity contribution in [2.45, 2.75) is 6.54 Å². The van der Waals surface area contributed by atoms with E-state index in [0.717, 1.165) is 31.9 Å². The van der Waals surface area contributed by atoms with Crippen molar-refractivity contribution >= 4 is 23.2 Å². The third-order valence-corrected chi connectivity index (χ3v) is 3.26. The second-order valence-electron chi connectivity index (χ2n) is 3.63. The molecule has 1 aliphatic heterocycles. The minimum Gasteiger partial charge on any atom is -0.379 e. The molecule has 3 nitrogen and oxygen atoms in total. The lowest BCUT2D eigenvalue weighted by atomic mass is 10.2. The molecule has 5 heteroatoms. The van der Waals surface area contributed by atoms with E-state index in [2.05, 4.69) is 10.4 Å². The lowest BCUT2D eigenvalue weighted by Gasteiger charge is -2.27. The molecule has 0 spiro atoms. The molecule has 0 bridgehead atoms. The van der Waals surface area contributed by atoms with Crippen LogP contribution in [-0.2, 0) is 11.3 Å². The second-order valence-corrected chi connectivity index (χ2v) is 4.45. The molecule has 0 radical (unpaired) electrons. The van der Waals surface area contributed by atoms with Gasteiger partial charge >= 0.3 is 0 Å². The summed E-state index contributed by atoms with van der Waals surface area (Å²) in [4.78, 5) is 0. The molecule has 1 N–H and O–H groups in total. The van der Waals surface area contributed by atoms with Gasteiger partial charge in [-0.25, -0.2) is 5.01 Å². The number of morpholine rings is 1. The quantitative estimate of drug-likeness (QED) is 0.903. The zero-order chi connectivity index (χ0) is 11.4. The molecule has 1 fully saturated rings. The van der Waals surface area contributed by atoms with Gasteiger partial charge in [0.05, 0.1) is 13.2 Å². The van der Waals surface area contributed by atoms with Gasteiger partial charge in [0.15, 0.2) is 0 Å². The number of rotatable bonds is 3. The average molecular weight is 261 g/mol. The highest BCUT2D eigenvalue weighted by Crippen LogP contribution is 2.23. The van der Waals surface area contributed by atoms with Crippen LogP contribution in [0.2, 0.25) is 10.0 Å². The molecule has 1 saturated heterocycles. The van der Waals surface area contributed by atoms with E-state index in [-0.39, 0.29) is 0 Å². The van der Waals surface area contributed by atoms with Gasteiger partial charge in [-0.2, -0.15) is 0 Å². The van der Waals surface area contributed by atoms with Gasteiger partial charge in [0.1, 0.15) is 0 Å². The lowest BCUT2D eigenvalue weighted by molar-refractivity contribution is 0.0106. The summed E-state index contributed by atoms with van der Waals surface area (Å²) in [6, 6.07) is 5.55. The summed E-state index contributed by atoms with van der Waals surface area (Å²) < 4.78 is 5.27. The number of hydrogen-bond acceptors (Lipinski definition) is 3. The van der Waals surface area contributed by atoms with Gasteiger partial charge in [0, 0.05) is 35.2 Å². The van der Waals surface area contributed by atoms with Crippen LogP contribution in [0, 0.1) is 0 Å². The largest absolute Gasteiger partial charge is 0.379 e. The number of nitrogens with zero attached hydrogens (tertiary/aromatic N) is 1. The highest BCUT2D eigenvalue weighted by atomic mass is 35.5. The van der Waals surface area contributed by atoms with E-state index in [1.54, 1.807) is 0 Å². The fraction of sp³-hybridized carbons (Fsp3) is 0.455. The minimum absolute atomic E-state index is 0.651. The monoisotopic (exact) mass is 260 g/mol. The van der Waals surface area contributed by atoms with Crippen LogP contribution in [0.5, 0.6) is 0 Å². The van der Waals surface area contributed by atoms with Gasteiger partial charge in [-0.15, -0.1) is 0 Å². The van der Waals surface area contributed by atoms with Crippen molar-refractivity contribution in [3.63, 3.8) is 0 Å². The summed E-state index contributed by atoms with van der Waals surface area (Å²) in [5.41, 5.74) is 4.25. The molecule has 88 valence electrons. The van der Waals surface area contributed by atoms with E-state index in [0.29, 0.717) is 16.6 Å². The smallest absolute Gasteiger partial charge is 0.0608 e. The summed E-state index contributed by atoms with van der Waals surface area (Å²) in [7, 11) is 0. The number of hydrazine groups is 1. The highest BCUT2D eigenvalue weighted by Gasteiger charge is 2.11. The zero-order valence-electron chi connectivity index (χ0n) is 8.88. The normalized spacial score (nSPS) is 17.6. The van der Waals surface area contributed by atoms with Crippen LogP contribution in [0.15, 0.2) is 18.2 Å². The predicted molar refractivity (Wildman–Crippen MR) is 65.7 cm³/mol. The van der Waals surface area contributed by atoms with Gasteiger partial charge < -0.3 is 4.74 Å². The average Bonchev–Trinajstić information content (AvgIpc) is 2.30. The van der Waals surface area contributed by atoms with Gasteiger partial charge in [0.25, 0.3) is 0 Å². The summed E-state index contributed by atoms with van der Waals surface area (Å²) >= 11 is 12.2. The Hall–Kier alpha value is -0.320. The summed E-state index contributed by atoms with van der Waals surface area (Å²) in [5.74, 6) is 0. The molecule has 2 rings (SSSR count). The third-order valence-electron chi connectivity index (χ3n) is 2.55. The molecule has 16 heavy (non-hydrogen) atoms. The maximum Gasteiger partial charge on any atom is 0.0608 e. The van der Waals surface area contributed by atoms with E-state index in [1.165, 1.54) is 0 Å². The van der Waals surface area contributed by atoms with Crippen molar-refractivity contribution in [3.8, 4) is 0 Å². The molecule has 0 aromatic heterocycles. The van der Waals surface area contributed by atoms with Crippen LogP contribution in [0.1, 0.15) is 5.56 Å². The van der Waals surface area contributed by atoms with Gasteiger partial charge in [-0.05, 0) is 12.1 Å². The maximum absolute atomic E-state index is 6.08. The minimum atomic E-state index is 0.651. The van der Waals surface area contributed by atoms with Gasteiger partial charge in [0.2, 0.25) is 0 Å². The number of benzene rings is 1. The fourth-order valence-electron chi connectivity index (χ4n) is 1.61. The summed E-state index contributed by atoms with van der Waals surface area (Å²) in [6.07, 6.45) is 0. The van der Waals surface area contributed by atoms with Crippen LogP contribution in [0.4, 0.5) is 0 Å². The van der Waals surface area contributed by atoms with Gasteiger partial charge in [-0.3, -0.25) is 5.43 Å². The van der Waals surface area contributed by atoms with Crippen molar-refractivity contribution < 1.29 is 4.74 Å². The molecule has 1 aliphatic rings. The Balaban J connectivity index is 1.93. The summed E-state index contributed by atoms with van der Waals surface area (Å²) in [5, 5.41) is 3.53. The van der Waals surface area contributed by atoms with Crippen LogP contribution in [0.25, 0.3) is 0 Å². The Morgan fingerprint density at radius 3 is 2.44 bits per heavy atom. The molecule has 0 saturated carbocycles. The standard InChI is InChI=1S/C11H14Cl2N2O/c12-10-2-1-3-11(13)9(10)8-14-15-4-6-16-7-5-15/h1-3,14H,4-8H2. The Kier molecular flexibility index (Phi) is 4.44. The Bertz CT molecular complexity index is 334. The first kappa shape index (κ1) is 12.1. The predicted octanol–water partition coefficient (Wildman–Crippen LogP) is 2.33. The molecule has 1 aromatic rings. The number of ether oxygens (including phenoxy) is 1. The molecule has 0 aliphatic carbocycles. The Labute approximate surface area is 105 Å².